The lowest BCUT2D eigenvalue weighted by atomic mass is 9.98. The highest BCUT2D eigenvalue weighted by Gasteiger charge is 2.20. The molecule has 1 heterocycles. The Labute approximate surface area is 120 Å². The number of carbonyl (C=O) groups excluding carboxylic acids is 1. The Balaban J connectivity index is 2.06. The fourth-order valence-electron chi connectivity index (χ4n) is 2.75. The second kappa shape index (κ2) is 6.95. The number of amides is 1. The van der Waals surface area contributed by atoms with Crippen molar-refractivity contribution in [1.82, 2.24) is 4.90 Å². The van der Waals surface area contributed by atoms with Crippen LogP contribution in [0.4, 0.5) is 0 Å². The van der Waals surface area contributed by atoms with Gasteiger partial charge < -0.3 is 4.90 Å². The molecule has 1 atom stereocenters. The third-order valence-corrected chi connectivity index (χ3v) is 4.35. The standard InChI is InChI=1S/C16H22ClNO/c1-2-13-6-4-9-18(10-8-13)16(19)15-7-3-5-14(11-15)12-17/h3,5,7,11,13H,2,4,6,8-10,12H2,1H3. The predicted octanol–water partition coefficient (Wildman–Crippen LogP) is 4.08. The van der Waals surface area contributed by atoms with Crippen LogP contribution in [0.1, 0.15) is 48.5 Å². The van der Waals surface area contributed by atoms with Crippen molar-refractivity contribution < 1.29 is 4.79 Å². The van der Waals surface area contributed by atoms with E-state index in [0.717, 1.165) is 43.0 Å². The van der Waals surface area contributed by atoms with Crippen LogP contribution in [0.3, 0.4) is 0 Å². The van der Waals surface area contributed by atoms with E-state index < -0.39 is 0 Å². The number of alkyl halides is 1. The molecule has 1 unspecified atom stereocenters. The van der Waals surface area contributed by atoms with E-state index in [1.54, 1.807) is 0 Å². The van der Waals surface area contributed by atoms with Gasteiger partial charge in [0.05, 0.1) is 0 Å². The number of likely N-dealkylation sites (tertiary alicyclic amines) is 1. The lowest BCUT2D eigenvalue weighted by Crippen LogP contribution is -2.32. The molecule has 1 fully saturated rings. The number of benzene rings is 1. The molecule has 0 saturated carbocycles. The van der Waals surface area contributed by atoms with E-state index in [4.69, 9.17) is 11.6 Å². The van der Waals surface area contributed by atoms with Crippen molar-refractivity contribution in [2.75, 3.05) is 13.1 Å². The zero-order valence-electron chi connectivity index (χ0n) is 11.6. The largest absolute Gasteiger partial charge is 0.339 e. The lowest BCUT2D eigenvalue weighted by molar-refractivity contribution is 0.0760. The fraction of sp³-hybridized carbons (Fsp3) is 0.562. The van der Waals surface area contributed by atoms with Gasteiger partial charge in [0.2, 0.25) is 0 Å². The lowest BCUT2D eigenvalue weighted by Gasteiger charge is -2.21. The van der Waals surface area contributed by atoms with Crippen molar-refractivity contribution >= 4 is 17.5 Å². The summed E-state index contributed by atoms with van der Waals surface area (Å²) in [6.07, 6.45) is 4.74. The van der Waals surface area contributed by atoms with Crippen LogP contribution in [0.2, 0.25) is 0 Å². The van der Waals surface area contributed by atoms with E-state index in [0.29, 0.717) is 5.88 Å². The van der Waals surface area contributed by atoms with Gasteiger partial charge in [0.1, 0.15) is 0 Å². The van der Waals surface area contributed by atoms with Crippen LogP contribution in [0, 0.1) is 5.92 Å². The summed E-state index contributed by atoms with van der Waals surface area (Å²) in [6.45, 7) is 4.02. The first kappa shape index (κ1) is 14.4. The van der Waals surface area contributed by atoms with Gasteiger partial charge in [-0.05, 0) is 42.9 Å². The van der Waals surface area contributed by atoms with Crippen molar-refractivity contribution in [3.63, 3.8) is 0 Å². The second-order valence-corrected chi connectivity index (χ2v) is 5.60. The van der Waals surface area contributed by atoms with E-state index in [-0.39, 0.29) is 5.91 Å². The summed E-state index contributed by atoms with van der Waals surface area (Å²) in [6, 6.07) is 7.68. The Morgan fingerprint density at radius 1 is 1.37 bits per heavy atom. The van der Waals surface area contributed by atoms with Gasteiger partial charge in [-0.3, -0.25) is 4.79 Å². The summed E-state index contributed by atoms with van der Waals surface area (Å²) in [4.78, 5) is 14.5. The minimum Gasteiger partial charge on any atom is -0.339 e. The summed E-state index contributed by atoms with van der Waals surface area (Å²) in [5.41, 5.74) is 1.78. The number of hydrogen-bond acceptors (Lipinski definition) is 1. The van der Waals surface area contributed by atoms with Crippen LogP contribution in [0.15, 0.2) is 24.3 Å². The molecule has 2 nitrogen and oxygen atoms in total. The molecule has 0 spiro atoms. The molecule has 1 amide bonds. The third-order valence-electron chi connectivity index (χ3n) is 4.04. The highest BCUT2D eigenvalue weighted by molar-refractivity contribution is 6.17. The van der Waals surface area contributed by atoms with E-state index in [1.165, 1.54) is 12.8 Å². The maximum atomic E-state index is 12.5. The highest BCUT2D eigenvalue weighted by Crippen LogP contribution is 2.21. The molecule has 1 aliphatic rings. The van der Waals surface area contributed by atoms with Gasteiger partial charge in [0.15, 0.2) is 0 Å². The van der Waals surface area contributed by atoms with Crippen LogP contribution in [-0.2, 0) is 5.88 Å². The average Bonchev–Trinajstić information content (AvgIpc) is 2.72. The minimum absolute atomic E-state index is 0.156. The van der Waals surface area contributed by atoms with E-state index in [2.05, 4.69) is 6.92 Å². The predicted molar refractivity (Wildman–Crippen MR) is 79.5 cm³/mol. The highest BCUT2D eigenvalue weighted by atomic mass is 35.5. The Hall–Kier alpha value is -1.02. The Kier molecular flexibility index (Phi) is 5.26. The van der Waals surface area contributed by atoms with Crippen LogP contribution in [0.25, 0.3) is 0 Å². The molecule has 1 aromatic rings. The third kappa shape index (κ3) is 3.73. The van der Waals surface area contributed by atoms with Crippen LogP contribution in [-0.4, -0.2) is 23.9 Å². The van der Waals surface area contributed by atoms with Crippen molar-refractivity contribution in [3.05, 3.63) is 35.4 Å². The molecule has 0 bridgehead atoms. The van der Waals surface area contributed by atoms with Gasteiger partial charge in [-0.15, -0.1) is 11.6 Å². The van der Waals surface area contributed by atoms with Crippen molar-refractivity contribution in [1.29, 1.82) is 0 Å². The quantitative estimate of drug-likeness (QED) is 0.764. The summed E-state index contributed by atoms with van der Waals surface area (Å²) in [5, 5.41) is 0. The molecule has 104 valence electrons. The molecule has 19 heavy (non-hydrogen) atoms. The van der Waals surface area contributed by atoms with Gasteiger partial charge in [0, 0.05) is 24.5 Å². The minimum atomic E-state index is 0.156. The SMILES string of the molecule is CCC1CCCN(C(=O)c2cccc(CCl)c2)CC1. The molecule has 2 rings (SSSR count). The van der Waals surface area contributed by atoms with E-state index >= 15 is 0 Å². The van der Waals surface area contributed by atoms with Crippen LogP contribution < -0.4 is 0 Å². The molecule has 1 aromatic carbocycles. The second-order valence-electron chi connectivity index (χ2n) is 5.33. The maximum Gasteiger partial charge on any atom is 0.253 e. The summed E-state index contributed by atoms with van der Waals surface area (Å²) >= 11 is 5.83. The fourth-order valence-corrected chi connectivity index (χ4v) is 2.91. The molecule has 0 aliphatic carbocycles. The number of halogens is 1. The van der Waals surface area contributed by atoms with Gasteiger partial charge >= 0.3 is 0 Å². The Morgan fingerprint density at radius 3 is 2.95 bits per heavy atom. The Bertz CT molecular complexity index is 433. The zero-order chi connectivity index (χ0) is 13.7. The first-order valence-corrected chi connectivity index (χ1v) is 7.72. The van der Waals surface area contributed by atoms with Gasteiger partial charge in [-0.1, -0.05) is 25.5 Å². The van der Waals surface area contributed by atoms with Crippen LogP contribution in [0.5, 0.6) is 0 Å². The smallest absolute Gasteiger partial charge is 0.253 e. The molecule has 0 N–H and O–H groups in total. The molecule has 3 heteroatoms. The molecule has 0 radical (unpaired) electrons. The van der Waals surface area contributed by atoms with Crippen molar-refractivity contribution in [3.8, 4) is 0 Å². The Morgan fingerprint density at radius 2 is 2.21 bits per heavy atom. The molecule has 0 aromatic heterocycles. The van der Waals surface area contributed by atoms with E-state index in [9.17, 15) is 4.79 Å². The number of nitrogens with zero attached hydrogens (tertiary/aromatic N) is 1. The topological polar surface area (TPSA) is 20.3 Å². The van der Waals surface area contributed by atoms with Gasteiger partial charge in [0.25, 0.3) is 5.91 Å². The first-order chi connectivity index (χ1) is 9.24. The van der Waals surface area contributed by atoms with Crippen molar-refractivity contribution in [2.45, 2.75) is 38.5 Å². The summed E-state index contributed by atoms with van der Waals surface area (Å²) < 4.78 is 0. The van der Waals surface area contributed by atoms with Crippen molar-refractivity contribution in [2.24, 2.45) is 5.92 Å². The normalized spacial score (nSPS) is 20.1. The summed E-state index contributed by atoms with van der Waals surface area (Å²) in [7, 11) is 0. The molecule has 1 aliphatic heterocycles. The molecule has 1 saturated heterocycles. The summed E-state index contributed by atoms with van der Waals surface area (Å²) in [5.74, 6) is 1.40. The van der Waals surface area contributed by atoms with Gasteiger partial charge in [-0.2, -0.15) is 0 Å². The number of carbonyl (C=O) groups is 1. The molecular weight excluding hydrogens is 258 g/mol. The molecular formula is C16H22ClNO. The number of hydrogen-bond donors (Lipinski definition) is 0. The average molecular weight is 280 g/mol. The van der Waals surface area contributed by atoms with Crippen LogP contribution >= 0.6 is 11.6 Å². The number of rotatable bonds is 3. The monoisotopic (exact) mass is 279 g/mol. The van der Waals surface area contributed by atoms with E-state index in [1.807, 2.05) is 29.2 Å². The maximum absolute atomic E-state index is 12.5. The zero-order valence-corrected chi connectivity index (χ0v) is 12.3. The first-order valence-electron chi connectivity index (χ1n) is 7.18. The van der Waals surface area contributed by atoms with Gasteiger partial charge in [-0.25, -0.2) is 0 Å².